The van der Waals surface area contributed by atoms with Crippen molar-refractivity contribution in [1.82, 2.24) is 30.2 Å². The quantitative estimate of drug-likeness (QED) is 0.179. The summed E-state index contributed by atoms with van der Waals surface area (Å²) in [5.74, 6) is -2.63. The number of fused-ring (bicyclic) bond motifs is 5. The molecule has 4 aromatic rings. The van der Waals surface area contributed by atoms with Gasteiger partial charge in [-0.05, 0) is 108 Å². The average Bonchev–Trinajstić information content (AvgIpc) is 4.05. The number of hydrogen-bond donors (Lipinski definition) is 3. The number of halogens is 1. The van der Waals surface area contributed by atoms with Gasteiger partial charge in [0.25, 0.3) is 11.8 Å². The molecule has 9 rings (SSSR count). The smallest absolute Gasteiger partial charge is 0.408 e. The number of furan rings is 1. The van der Waals surface area contributed by atoms with Gasteiger partial charge in [-0.1, -0.05) is 36.6 Å². The first-order chi connectivity index (χ1) is 29.4. The van der Waals surface area contributed by atoms with Crippen molar-refractivity contribution in [2.24, 2.45) is 5.92 Å². The van der Waals surface area contributed by atoms with E-state index >= 15 is 0 Å². The van der Waals surface area contributed by atoms with E-state index in [1.165, 1.54) is 17.0 Å². The second-order valence-electron chi connectivity index (χ2n) is 17.1. The summed E-state index contributed by atoms with van der Waals surface area (Å²) in [7, 11) is -3.93. The highest BCUT2D eigenvalue weighted by Crippen LogP contribution is 2.46. The lowest BCUT2D eigenvalue weighted by Crippen LogP contribution is -2.58. The summed E-state index contributed by atoms with van der Waals surface area (Å²) >= 11 is 0. The van der Waals surface area contributed by atoms with E-state index in [4.69, 9.17) is 23.9 Å². The molecule has 4 fully saturated rings. The number of nitrogens with one attached hydrogen (secondary N) is 3. The number of aryl methyl sites for hydroxylation is 1. The fourth-order valence-electron chi connectivity index (χ4n) is 8.88. The number of carbonyl (C=O) groups is 4. The number of rotatable bonds is 8. The summed E-state index contributed by atoms with van der Waals surface area (Å²) in [5.41, 5.74) is 1.15. The highest BCUT2D eigenvalue weighted by Gasteiger charge is 2.62. The first kappa shape index (κ1) is 40.8. The number of carbonyl (C=O) groups excluding carboxylic acids is 4. The van der Waals surface area contributed by atoms with Gasteiger partial charge in [0.15, 0.2) is 5.82 Å². The van der Waals surface area contributed by atoms with E-state index < -0.39 is 74.5 Å². The molecule has 5 aliphatic rings. The molecule has 0 spiro atoms. The zero-order chi connectivity index (χ0) is 42.5. The maximum absolute atomic E-state index is 14.8. The highest BCUT2D eigenvalue weighted by atomic mass is 32.2. The van der Waals surface area contributed by atoms with E-state index in [-0.39, 0.29) is 42.8 Å². The fourth-order valence-corrected chi connectivity index (χ4v) is 10.2. The largest absolute Gasteiger partial charge is 0.470 e. The zero-order valence-electron chi connectivity index (χ0n) is 33.9. The molecule has 5 atom stereocenters. The number of aromatic nitrogens is 2. The van der Waals surface area contributed by atoms with Crippen LogP contribution in [0.1, 0.15) is 89.0 Å². The van der Waals surface area contributed by atoms with Crippen LogP contribution >= 0.6 is 0 Å². The second-order valence-corrected chi connectivity index (χ2v) is 19.1. The van der Waals surface area contributed by atoms with Crippen molar-refractivity contribution in [2.45, 2.75) is 125 Å². The number of amides is 4. The Morgan fingerprint density at radius 1 is 0.967 bits per heavy atom. The van der Waals surface area contributed by atoms with Crippen LogP contribution in [0.15, 0.2) is 59.0 Å². The summed E-state index contributed by atoms with van der Waals surface area (Å²) in [6.07, 6.45) is 9.50. The van der Waals surface area contributed by atoms with Crippen LogP contribution in [0.25, 0.3) is 33.5 Å². The fraction of sp³-hybridized carbons (Fsp3) is 0.500. The van der Waals surface area contributed by atoms with E-state index in [1.807, 2.05) is 37.3 Å². The van der Waals surface area contributed by atoms with Gasteiger partial charge >= 0.3 is 6.09 Å². The summed E-state index contributed by atoms with van der Waals surface area (Å²) in [4.78, 5) is 67.4. The van der Waals surface area contributed by atoms with Gasteiger partial charge in [0.1, 0.15) is 46.7 Å². The molecule has 15 nitrogen and oxygen atoms in total. The molecule has 61 heavy (non-hydrogen) atoms. The van der Waals surface area contributed by atoms with Crippen LogP contribution in [-0.4, -0.2) is 88.7 Å². The van der Waals surface area contributed by atoms with Gasteiger partial charge in [0, 0.05) is 23.3 Å². The van der Waals surface area contributed by atoms with Crippen LogP contribution in [-0.2, 0) is 29.1 Å². The first-order valence-electron chi connectivity index (χ1n) is 21.3. The third-order valence-corrected chi connectivity index (χ3v) is 14.3. The molecule has 322 valence electrons. The van der Waals surface area contributed by atoms with E-state index in [0.717, 1.165) is 44.1 Å². The van der Waals surface area contributed by atoms with Gasteiger partial charge in [-0.2, -0.15) is 4.98 Å². The van der Waals surface area contributed by atoms with Gasteiger partial charge in [0.05, 0.1) is 11.8 Å². The predicted octanol–water partition coefficient (Wildman–Crippen LogP) is 5.88. The average molecular weight is 857 g/mol. The van der Waals surface area contributed by atoms with E-state index in [1.54, 1.807) is 12.1 Å². The van der Waals surface area contributed by atoms with Crippen molar-refractivity contribution in [3.8, 4) is 17.3 Å². The van der Waals surface area contributed by atoms with Crippen LogP contribution in [0.2, 0.25) is 0 Å². The molecule has 17 heteroatoms. The van der Waals surface area contributed by atoms with Crippen molar-refractivity contribution >= 4 is 55.9 Å². The Bertz CT molecular complexity index is 2520. The van der Waals surface area contributed by atoms with Gasteiger partial charge in [0.2, 0.25) is 27.4 Å². The lowest BCUT2D eigenvalue weighted by molar-refractivity contribution is -0.141. The highest BCUT2D eigenvalue weighted by molar-refractivity contribution is 7.91. The third-order valence-electron chi connectivity index (χ3n) is 12.5. The Morgan fingerprint density at radius 2 is 1.74 bits per heavy atom. The Hall–Kier alpha value is -5.58. The number of hydrogen-bond acceptors (Lipinski definition) is 11. The van der Waals surface area contributed by atoms with Gasteiger partial charge < -0.3 is 29.4 Å². The summed E-state index contributed by atoms with van der Waals surface area (Å²) in [6.45, 7) is 1.83. The molecule has 0 radical (unpaired) electrons. The molecule has 3 aliphatic carbocycles. The molecule has 2 aromatic carbocycles. The summed E-state index contributed by atoms with van der Waals surface area (Å²) < 4.78 is 60.7. The lowest BCUT2D eigenvalue weighted by atomic mass is 10.0. The number of ether oxygens (including phenoxy) is 2. The minimum atomic E-state index is -3.93. The number of allylic oxidation sites excluding steroid dienone is 1. The van der Waals surface area contributed by atoms with Gasteiger partial charge in [-0.15, -0.1) is 0 Å². The van der Waals surface area contributed by atoms with Crippen LogP contribution in [0.4, 0.5) is 9.18 Å². The minimum Gasteiger partial charge on any atom is -0.470 e. The second kappa shape index (κ2) is 16.4. The molecule has 4 heterocycles. The zero-order valence-corrected chi connectivity index (χ0v) is 34.7. The van der Waals surface area contributed by atoms with E-state index in [2.05, 4.69) is 15.4 Å². The standard InChI is InChI=1S/C44H49FN6O9S/c1-25-13-20-35-32(21-25)36-37(60-35)40(48-38(47-36)26-14-16-28(45)17-15-26)58-30-22-34-39(52)49-44(42(54)50-61(56,57)31-18-19-31)23-27(44)9-5-3-2-4-6-12-33(41(53)51(34)24-30)46-43(55)59-29-10-7-8-11-29/h5,9,13-17,20-21,27,29-31,33-34H,2-4,6-8,10-12,18-19,22-24H2,1H3,(H,46,55)(H,49,52)(H,50,54)/b9-5-/t27-,30+,33-,34+,44-/m1/s1. The van der Waals surface area contributed by atoms with Crippen molar-refractivity contribution < 1.29 is 45.9 Å². The number of benzene rings is 2. The summed E-state index contributed by atoms with van der Waals surface area (Å²) in [6, 6.07) is 9.12. The molecular formula is C44H49FN6O9S. The number of sulfonamides is 1. The molecule has 3 N–H and O–H groups in total. The monoisotopic (exact) mass is 856 g/mol. The van der Waals surface area contributed by atoms with Crippen molar-refractivity contribution in [2.75, 3.05) is 6.54 Å². The molecule has 3 saturated carbocycles. The van der Waals surface area contributed by atoms with Crippen LogP contribution in [0, 0.1) is 18.7 Å². The maximum Gasteiger partial charge on any atom is 0.408 e. The predicted molar refractivity (Wildman–Crippen MR) is 221 cm³/mol. The lowest BCUT2D eigenvalue weighted by Gasteiger charge is -2.30. The van der Waals surface area contributed by atoms with E-state index in [9.17, 15) is 32.0 Å². The SMILES string of the molecule is Cc1ccc2oc3c(O[C@H]4C[C@H]5C(=O)N[C@]6(C(=O)NS(=O)(=O)C7CC7)C[C@H]6/C=C\CCCCC[C@@H](NC(=O)OC6CCCC6)C(=O)N5C4)nc(-c4ccc(F)cc4)nc3c2c1. The Labute approximate surface area is 352 Å². The van der Waals surface area contributed by atoms with Crippen molar-refractivity contribution in [3.63, 3.8) is 0 Å². The molecule has 0 unspecified atom stereocenters. The minimum absolute atomic E-state index is 0.0436. The normalized spacial score (nSPS) is 26.8. The topological polar surface area (TPSA) is 199 Å². The Morgan fingerprint density at radius 3 is 2.51 bits per heavy atom. The van der Waals surface area contributed by atoms with Crippen LogP contribution in [0.5, 0.6) is 5.88 Å². The Kier molecular flexibility index (Phi) is 10.9. The summed E-state index contributed by atoms with van der Waals surface area (Å²) in [5, 5.41) is 5.74. The van der Waals surface area contributed by atoms with Gasteiger partial charge in [-0.3, -0.25) is 19.1 Å². The first-order valence-corrected chi connectivity index (χ1v) is 22.9. The van der Waals surface area contributed by atoms with Crippen LogP contribution in [0.3, 0.4) is 0 Å². The Balaban J connectivity index is 1.06. The number of nitrogens with zero attached hydrogens (tertiary/aromatic N) is 3. The molecule has 2 aromatic heterocycles. The number of alkyl carbamates (subject to hydrolysis) is 1. The van der Waals surface area contributed by atoms with Crippen molar-refractivity contribution in [3.05, 3.63) is 66.0 Å². The molecule has 4 amide bonds. The van der Waals surface area contributed by atoms with Crippen molar-refractivity contribution in [1.29, 1.82) is 0 Å². The maximum atomic E-state index is 14.8. The third kappa shape index (κ3) is 8.53. The molecule has 1 saturated heterocycles. The molecular weight excluding hydrogens is 808 g/mol. The van der Waals surface area contributed by atoms with Gasteiger partial charge in [-0.25, -0.2) is 22.6 Å². The van der Waals surface area contributed by atoms with E-state index in [0.29, 0.717) is 54.2 Å². The molecule has 2 aliphatic heterocycles. The van der Waals surface area contributed by atoms with Crippen LogP contribution < -0.4 is 20.1 Å². The molecule has 0 bridgehead atoms.